The van der Waals surface area contributed by atoms with Crippen LogP contribution < -0.4 is 4.90 Å². The van der Waals surface area contributed by atoms with E-state index in [-0.39, 0.29) is 5.91 Å². The Morgan fingerprint density at radius 3 is 3.00 bits per heavy atom. The number of rotatable bonds is 0. The minimum absolute atomic E-state index is 0.132. The first-order chi connectivity index (χ1) is 6.29. The summed E-state index contributed by atoms with van der Waals surface area (Å²) >= 11 is 1.82. The second-order valence-corrected chi connectivity index (χ2v) is 4.12. The molecule has 0 bridgehead atoms. The number of hydrogen-bond acceptors (Lipinski definition) is 2. The van der Waals surface area contributed by atoms with Crippen molar-refractivity contribution < 1.29 is 4.79 Å². The van der Waals surface area contributed by atoms with Gasteiger partial charge in [0.15, 0.2) is 0 Å². The van der Waals surface area contributed by atoms with Crippen molar-refractivity contribution in [3.05, 3.63) is 24.3 Å². The van der Waals surface area contributed by atoms with Crippen molar-refractivity contribution in [1.82, 2.24) is 0 Å². The highest BCUT2D eigenvalue weighted by atomic mass is 32.2. The zero-order valence-electron chi connectivity index (χ0n) is 7.49. The van der Waals surface area contributed by atoms with Gasteiger partial charge in [-0.1, -0.05) is 12.1 Å². The minimum atomic E-state index is 0.132. The van der Waals surface area contributed by atoms with E-state index in [1.165, 1.54) is 4.90 Å². The van der Waals surface area contributed by atoms with Crippen molar-refractivity contribution in [1.29, 1.82) is 0 Å². The third-order valence-corrected chi connectivity index (χ3v) is 3.15. The number of para-hydroxylation sites is 1. The molecule has 0 spiro atoms. The van der Waals surface area contributed by atoms with E-state index in [1.54, 1.807) is 6.92 Å². The van der Waals surface area contributed by atoms with Crippen LogP contribution in [0.15, 0.2) is 29.2 Å². The number of carbonyl (C=O) groups excluding carboxylic acids is 1. The summed E-state index contributed by atoms with van der Waals surface area (Å²) in [6.45, 7) is 2.45. The van der Waals surface area contributed by atoms with Crippen LogP contribution in [0.25, 0.3) is 0 Å². The second-order valence-electron chi connectivity index (χ2n) is 2.99. The summed E-state index contributed by atoms with van der Waals surface area (Å²) in [6, 6.07) is 8.05. The predicted octanol–water partition coefficient (Wildman–Crippen LogP) is 2.15. The van der Waals surface area contributed by atoms with Crippen LogP contribution in [0.2, 0.25) is 0 Å². The molecule has 2 rings (SSSR count). The first-order valence-electron chi connectivity index (χ1n) is 4.29. The molecule has 1 amide bonds. The first kappa shape index (κ1) is 8.63. The van der Waals surface area contributed by atoms with Gasteiger partial charge in [0.1, 0.15) is 0 Å². The van der Waals surface area contributed by atoms with Crippen LogP contribution >= 0.6 is 11.8 Å². The van der Waals surface area contributed by atoms with Gasteiger partial charge in [-0.2, -0.15) is 0 Å². The molecule has 1 heterocycles. The lowest BCUT2D eigenvalue weighted by Crippen LogP contribution is -2.33. The van der Waals surface area contributed by atoms with Gasteiger partial charge in [-0.25, -0.2) is 0 Å². The van der Waals surface area contributed by atoms with E-state index in [9.17, 15) is 4.79 Å². The van der Waals surface area contributed by atoms with Gasteiger partial charge >= 0.3 is 0 Å². The average molecular weight is 193 g/mol. The zero-order chi connectivity index (χ0) is 9.26. The molecule has 0 aromatic heterocycles. The summed E-state index contributed by atoms with van der Waals surface area (Å²) in [5.74, 6) is 1.13. The van der Waals surface area contributed by atoms with Crippen LogP contribution in [-0.4, -0.2) is 18.2 Å². The highest BCUT2D eigenvalue weighted by molar-refractivity contribution is 7.99. The van der Waals surface area contributed by atoms with Crippen molar-refractivity contribution in [2.75, 3.05) is 17.2 Å². The Bertz CT molecular complexity index is 337. The van der Waals surface area contributed by atoms with Crippen LogP contribution in [0.5, 0.6) is 0 Å². The number of amides is 1. The second kappa shape index (κ2) is 3.42. The van der Waals surface area contributed by atoms with E-state index < -0.39 is 0 Å². The highest BCUT2D eigenvalue weighted by Gasteiger charge is 2.19. The van der Waals surface area contributed by atoms with Crippen molar-refractivity contribution in [2.24, 2.45) is 0 Å². The number of thioether (sulfide) groups is 1. The third-order valence-electron chi connectivity index (χ3n) is 2.11. The third kappa shape index (κ3) is 1.56. The molecular weight excluding hydrogens is 182 g/mol. The smallest absolute Gasteiger partial charge is 0.223 e. The van der Waals surface area contributed by atoms with Gasteiger partial charge in [-0.05, 0) is 12.1 Å². The molecule has 0 aliphatic carbocycles. The van der Waals surface area contributed by atoms with Gasteiger partial charge in [-0.15, -0.1) is 11.8 Å². The fourth-order valence-corrected chi connectivity index (χ4v) is 2.49. The highest BCUT2D eigenvalue weighted by Crippen LogP contribution is 2.33. The predicted molar refractivity (Wildman–Crippen MR) is 55.2 cm³/mol. The number of carbonyl (C=O) groups is 1. The summed E-state index contributed by atoms with van der Waals surface area (Å²) in [6.07, 6.45) is 0. The maximum atomic E-state index is 11.3. The maximum absolute atomic E-state index is 11.3. The molecule has 2 nitrogen and oxygen atoms in total. The molecule has 0 radical (unpaired) electrons. The molecule has 0 saturated carbocycles. The lowest BCUT2D eigenvalue weighted by Gasteiger charge is -2.27. The molecule has 1 aliphatic heterocycles. The Morgan fingerprint density at radius 2 is 2.23 bits per heavy atom. The number of anilines is 1. The van der Waals surface area contributed by atoms with Crippen LogP contribution in [0, 0.1) is 0 Å². The molecule has 1 aliphatic rings. The molecule has 1 aromatic carbocycles. The maximum Gasteiger partial charge on any atom is 0.223 e. The lowest BCUT2D eigenvalue weighted by molar-refractivity contribution is -0.116. The summed E-state index contributed by atoms with van der Waals surface area (Å²) < 4.78 is 0. The number of benzene rings is 1. The quantitative estimate of drug-likeness (QED) is 0.629. The van der Waals surface area contributed by atoms with E-state index in [0.29, 0.717) is 0 Å². The summed E-state index contributed by atoms with van der Waals surface area (Å²) in [4.78, 5) is 14.3. The van der Waals surface area contributed by atoms with E-state index >= 15 is 0 Å². The summed E-state index contributed by atoms with van der Waals surface area (Å²) in [5.41, 5.74) is 1.06. The van der Waals surface area contributed by atoms with Crippen molar-refractivity contribution in [3.8, 4) is 0 Å². The topological polar surface area (TPSA) is 20.3 Å². The van der Waals surface area contributed by atoms with E-state index in [2.05, 4.69) is 6.07 Å². The minimum Gasteiger partial charge on any atom is -0.311 e. The fourth-order valence-electron chi connectivity index (χ4n) is 1.50. The Labute approximate surface area is 81.9 Å². The molecule has 0 atom stereocenters. The Kier molecular flexibility index (Phi) is 2.27. The molecule has 0 N–H and O–H groups in total. The molecule has 1 aromatic rings. The van der Waals surface area contributed by atoms with Gasteiger partial charge in [0.05, 0.1) is 5.69 Å². The van der Waals surface area contributed by atoms with E-state index in [4.69, 9.17) is 0 Å². The molecule has 13 heavy (non-hydrogen) atoms. The Morgan fingerprint density at radius 1 is 1.46 bits per heavy atom. The van der Waals surface area contributed by atoms with Gasteiger partial charge in [0.25, 0.3) is 0 Å². The largest absolute Gasteiger partial charge is 0.311 e. The fraction of sp³-hybridized carbons (Fsp3) is 0.300. The molecule has 3 heteroatoms. The van der Waals surface area contributed by atoms with Crippen LogP contribution in [-0.2, 0) is 4.79 Å². The Balaban J connectivity index is 2.42. The number of hydrogen-bond donors (Lipinski definition) is 0. The molecule has 68 valence electrons. The SMILES string of the molecule is CC(=O)N1CCSc2ccccc21. The van der Waals surface area contributed by atoms with Gasteiger partial charge in [0.2, 0.25) is 5.91 Å². The summed E-state index contributed by atoms with van der Waals surface area (Å²) in [7, 11) is 0. The molecular formula is C10H11NOS. The van der Waals surface area contributed by atoms with E-state index in [0.717, 1.165) is 18.0 Å². The Hall–Kier alpha value is -0.960. The standard InChI is InChI=1S/C10H11NOS/c1-8(12)11-6-7-13-10-5-3-2-4-9(10)11/h2-5H,6-7H2,1H3. The first-order valence-corrected chi connectivity index (χ1v) is 5.27. The van der Waals surface area contributed by atoms with Crippen molar-refractivity contribution >= 4 is 23.4 Å². The van der Waals surface area contributed by atoms with E-state index in [1.807, 2.05) is 34.9 Å². The van der Waals surface area contributed by atoms with Crippen LogP contribution in [0.4, 0.5) is 5.69 Å². The molecule has 0 unspecified atom stereocenters. The average Bonchev–Trinajstić information content (AvgIpc) is 2.17. The van der Waals surface area contributed by atoms with Crippen molar-refractivity contribution in [2.45, 2.75) is 11.8 Å². The van der Waals surface area contributed by atoms with Crippen LogP contribution in [0.3, 0.4) is 0 Å². The van der Waals surface area contributed by atoms with Gasteiger partial charge < -0.3 is 4.90 Å². The van der Waals surface area contributed by atoms with Gasteiger partial charge in [0, 0.05) is 24.1 Å². The van der Waals surface area contributed by atoms with Gasteiger partial charge in [-0.3, -0.25) is 4.79 Å². The number of fused-ring (bicyclic) bond motifs is 1. The number of nitrogens with zero attached hydrogens (tertiary/aromatic N) is 1. The summed E-state index contributed by atoms with van der Waals surface area (Å²) in [5, 5.41) is 0. The molecule has 0 fully saturated rings. The monoisotopic (exact) mass is 193 g/mol. The van der Waals surface area contributed by atoms with Crippen molar-refractivity contribution in [3.63, 3.8) is 0 Å². The normalized spacial score (nSPS) is 15.3. The zero-order valence-corrected chi connectivity index (χ0v) is 8.30. The molecule has 0 saturated heterocycles. The lowest BCUT2D eigenvalue weighted by atomic mass is 10.3. The van der Waals surface area contributed by atoms with Crippen LogP contribution in [0.1, 0.15) is 6.92 Å².